The first kappa shape index (κ1) is 15.7. The van der Waals surface area contributed by atoms with Crippen molar-refractivity contribution in [2.75, 3.05) is 6.54 Å². The van der Waals surface area contributed by atoms with Gasteiger partial charge in [0.25, 0.3) is 15.0 Å². The third kappa shape index (κ3) is 5.00. The van der Waals surface area contributed by atoms with Gasteiger partial charge in [-0.3, -0.25) is 4.79 Å². The Labute approximate surface area is 115 Å². The zero-order chi connectivity index (χ0) is 14.5. The quantitative estimate of drug-likeness (QED) is 0.516. The third-order valence-electron chi connectivity index (χ3n) is 2.25. The molecule has 0 spiro atoms. The molecule has 0 atom stereocenters. The van der Waals surface area contributed by atoms with Gasteiger partial charge in [0.1, 0.15) is 5.82 Å². The molecule has 0 aliphatic heterocycles. The molecule has 1 aromatic rings. The molecule has 0 aliphatic rings. The summed E-state index contributed by atoms with van der Waals surface area (Å²) >= 11 is 0. The second-order valence-corrected chi connectivity index (χ2v) is 6.29. The number of amides is 1. The van der Waals surface area contributed by atoms with E-state index in [1.807, 2.05) is 19.1 Å². The molecule has 0 radical (unpaired) electrons. The van der Waals surface area contributed by atoms with Crippen LogP contribution in [0.1, 0.15) is 23.7 Å². The van der Waals surface area contributed by atoms with Crippen LogP contribution in [-0.2, 0) is 9.05 Å². The average molecular weight is 306 g/mol. The minimum atomic E-state index is -4.07. The van der Waals surface area contributed by atoms with Crippen LogP contribution in [0.5, 0.6) is 0 Å². The summed E-state index contributed by atoms with van der Waals surface area (Å²) in [5.41, 5.74) is -0.0836. The van der Waals surface area contributed by atoms with Gasteiger partial charge in [-0.15, -0.1) is 0 Å². The van der Waals surface area contributed by atoms with Crippen LogP contribution in [0.4, 0.5) is 4.39 Å². The minimum Gasteiger partial charge on any atom is -0.352 e. The predicted octanol–water partition coefficient (Wildman–Crippen LogP) is 2.45. The van der Waals surface area contributed by atoms with E-state index in [2.05, 4.69) is 5.32 Å². The second-order valence-electron chi connectivity index (χ2n) is 3.73. The predicted molar refractivity (Wildman–Crippen MR) is 71.2 cm³/mol. The maximum atomic E-state index is 13.2. The summed E-state index contributed by atoms with van der Waals surface area (Å²) in [6.07, 6.45) is 4.34. The molecule has 19 heavy (non-hydrogen) atoms. The summed E-state index contributed by atoms with van der Waals surface area (Å²) in [4.78, 5) is 11.3. The number of rotatable bonds is 5. The van der Waals surface area contributed by atoms with E-state index >= 15 is 0 Å². The molecule has 1 aromatic carbocycles. The van der Waals surface area contributed by atoms with Crippen molar-refractivity contribution in [1.82, 2.24) is 5.32 Å². The Morgan fingerprint density at radius 3 is 2.68 bits per heavy atom. The Bertz CT molecular complexity index is 599. The highest BCUT2D eigenvalue weighted by molar-refractivity contribution is 8.13. The van der Waals surface area contributed by atoms with Crippen LogP contribution in [0.2, 0.25) is 0 Å². The molecule has 1 rings (SSSR count). The van der Waals surface area contributed by atoms with Crippen molar-refractivity contribution in [2.45, 2.75) is 18.2 Å². The van der Waals surface area contributed by atoms with Crippen molar-refractivity contribution in [1.29, 1.82) is 0 Å². The first-order chi connectivity index (χ1) is 8.84. The fraction of sp³-hybridized carbons (Fsp3) is 0.250. The molecule has 4 nitrogen and oxygen atoms in total. The number of halogens is 2. The fourth-order valence-corrected chi connectivity index (χ4v) is 2.16. The molecule has 0 unspecified atom stereocenters. The lowest BCUT2D eigenvalue weighted by atomic mass is 10.2. The molecule has 0 bridgehead atoms. The summed E-state index contributed by atoms with van der Waals surface area (Å²) in [7, 11) is 1.05. The Kier molecular flexibility index (Phi) is 5.50. The summed E-state index contributed by atoms with van der Waals surface area (Å²) in [6, 6.07) is 2.76. The molecular formula is C12H13ClFNO3S. The van der Waals surface area contributed by atoms with Crippen molar-refractivity contribution >= 4 is 25.6 Å². The Balaban J connectivity index is 2.89. The van der Waals surface area contributed by atoms with Crippen molar-refractivity contribution in [3.63, 3.8) is 0 Å². The molecule has 0 aromatic heterocycles. The molecule has 0 saturated carbocycles. The van der Waals surface area contributed by atoms with Crippen LogP contribution in [-0.4, -0.2) is 20.9 Å². The van der Waals surface area contributed by atoms with E-state index in [0.29, 0.717) is 13.0 Å². The Hall–Kier alpha value is -1.40. The number of allylic oxidation sites excluding steroid dienone is 1. The van der Waals surface area contributed by atoms with Crippen LogP contribution in [0, 0.1) is 5.82 Å². The van der Waals surface area contributed by atoms with Crippen LogP contribution >= 0.6 is 10.7 Å². The van der Waals surface area contributed by atoms with E-state index in [9.17, 15) is 17.6 Å². The molecule has 0 heterocycles. The lowest BCUT2D eigenvalue weighted by Gasteiger charge is -2.05. The first-order valence-corrected chi connectivity index (χ1v) is 7.80. The maximum absolute atomic E-state index is 13.2. The normalized spacial score (nSPS) is 11.7. The van der Waals surface area contributed by atoms with Crippen LogP contribution in [0.3, 0.4) is 0 Å². The zero-order valence-corrected chi connectivity index (χ0v) is 11.8. The van der Waals surface area contributed by atoms with E-state index in [1.54, 1.807) is 0 Å². The van der Waals surface area contributed by atoms with Gasteiger partial charge in [-0.2, -0.15) is 0 Å². The molecule has 0 saturated heterocycles. The average Bonchev–Trinajstić information content (AvgIpc) is 2.32. The monoisotopic (exact) mass is 305 g/mol. The lowest BCUT2D eigenvalue weighted by Crippen LogP contribution is -2.24. The van der Waals surface area contributed by atoms with Gasteiger partial charge in [0.15, 0.2) is 0 Å². The largest absolute Gasteiger partial charge is 0.352 e. The van der Waals surface area contributed by atoms with Crippen molar-refractivity contribution in [2.24, 2.45) is 0 Å². The van der Waals surface area contributed by atoms with Gasteiger partial charge >= 0.3 is 0 Å². The van der Waals surface area contributed by atoms with Gasteiger partial charge < -0.3 is 5.32 Å². The van der Waals surface area contributed by atoms with E-state index in [1.165, 1.54) is 0 Å². The summed E-state index contributed by atoms with van der Waals surface area (Å²) in [6.45, 7) is 2.23. The van der Waals surface area contributed by atoms with E-state index < -0.39 is 25.7 Å². The van der Waals surface area contributed by atoms with Crippen molar-refractivity contribution in [3.8, 4) is 0 Å². The highest BCUT2D eigenvalue weighted by Gasteiger charge is 2.15. The van der Waals surface area contributed by atoms with Crippen LogP contribution in [0.25, 0.3) is 0 Å². The van der Waals surface area contributed by atoms with E-state index in [0.717, 1.165) is 18.2 Å². The molecule has 1 N–H and O–H groups in total. The summed E-state index contributed by atoms with van der Waals surface area (Å²) in [5.74, 6) is -1.38. The SMILES string of the molecule is C/C=C/CCNC(=O)c1cc(F)cc(S(=O)(=O)Cl)c1. The van der Waals surface area contributed by atoms with Gasteiger partial charge in [0.05, 0.1) is 4.90 Å². The lowest BCUT2D eigenvalue weighted by molar-refractivity contribution is 0.0953. The molecule has 0 fully saturated rings. The first-order valence-electron chi connectivity index (χ1n) is 5.49. The van der Waals surface area contributed by atoms with Gasteiger partial charge in [0, 0.05) is 22.8 Å². The van der Waals surface area contributed by atoms with E-state index in [4.69, 9.17) is 10.7 Å². The zero-order valence-electron chi connectivity index (χ0n) is 10.2. The number of hydrogen-bond donors (Lipinski definition) is 1. The van der Waals surface area contributed by atoms with Crippen LogP contribution in [0.15, 0.2) is 35.2 Å². The molecule has 1 amide bonds. The van der Waals surface area contributed by atoms with Crippen molar-refractivity contribution in [3.05, 3.63) is 41.7 Å². The topological polar surface area (TPSA) is 63.2 Å². The Morgan fingerprint density at radius 1 is 1.42 bits per heavy atom. The summed E-state index contributed by atoms with van der Waals surface area (Å²) in [5, 5.41) is 2.54. The van der Waals surface area contributed by atoms with Gasteiger partial charge in [-0.1, -0.05) is 12.2 Å². The molecule has 0 aliphatic carbocycles. The van der Waals surface area contributed by atoms with Gasteiger partial charge in [0.2, 0.25) is 0 Å². The van der Waals surface area contributed by atoms with Crippen molar-refractivity contribution < 1.29 is 17.6 Å². The van der Waals surface area contributed by atoms with E-state index in [-0.39, 0.29) is 5.56 Å². The number of hydrogen-bond acceptors (Lipinski definition) is 3. The van der Waals surface area contributed by atoms with Gasteiger partial charge in [-0.05, 0) is 31.5 Å². The summed E-state index contributed by atoms with van der Waals surface area (Å²) < 4.78 is 35.5. The maximum Gasteiger partial charge on any atom is 0.261 e. The molecule has 104 valence electrons. The number of carbonyl (C=O) groups excluding carboxylic acids is 1. The second kappa shape index (κ2) is 6.68. The fourth-order valence-electron chi connectivity index (χ4n) is 1.37. The van der Waals surface area contributed by atoms with Crippen LogP contribution < -0.4 is 5.32 Å². The standard InChI is InChI=1S/C12H13ClFNO3S/c1-2-3-4-5-15-12(16)9-6-10(14)8-11(7-9)19(13,17)18/h2-3,6-8H,4-5H2,1H3,(H,15,16)/b3-2+. The highest BCUT2D eigenvalue weighted by Crippen LogP contribution is 2.18. The number of benzene rings is 1. The molecular weight excluding hydrogens is 293 g/mol. The molecule has 7 heteroatoms. The number of nitrogens with one attached hydrogen (secondary N) is 1. The Morgan fingerprint density at radius 2 is 2.11 bits per heavy atom. The highest BCUT2D eigenvalue weighted by atomic mass is 35.7. The minimum absolute atomic E-state index is 0.0836. The third-order valence-corrected chi connectivity index (χ3v) is 3.58. The number of carbonyl (C=O) groups is 1. The smallest absolute Gasteiger partial charge is 0.261 e. The van der Waals surface area contributed by atoms with Gasteiger partial charge in [-0.25, -0.2) is 12.8 Å².